The Kier molecular flexibility index (Phi) is 5.11. The zero-order chi connectivity index (χ0) is 18.0. The molecule has 1 saturated heterocycles. The number of aliphatic carboxylic acids is 1. The van der Waals surface area contributed by atoms with E-state index in [0.717, 1.165) is 18.7 Å². The van der Waals surface area contributed by atoms with Crippen LogP contribution in [0.25, 0.3) is 0 Å². The molecule has 7 nitrogen and oxygen atoms in total. The van der Waals surface area contributed by atoms with Crippen molar-refractivity contribution in [2.24, 2.45) is 11.3 Å². The largest absolute Gasteiger partial charge is 0.481 e. The number of carbonyl (C=O) groups is 2. The Bertz CT molecular complexity index is 636. The highest BCUT2D eigenvalue weighted by atomic mass is 16.5. The first-order chi connectivity index (χ1) is 11.9. The SMILES string of the molecule is CC(C)C1(C(=O)O)CCN(C(=O)CCc2nc(C3CCCC3)no2)C1. The minimum Gasteiger partial charge on any atom is -0.481 e. The van der Waals surface area contributed by atoms with Crippen LogP contribution in [0.3, 0.4) is 0 Å². The topological polar surface area (TPSA) is 96.5 Å². The van der Waals surface area contributed by atoms with Gasteiger partial charge in [-0.25, -0.2) is 0 Å². The molecule has 0 bridgehead atoms. The Morgan fingerprint density at radius 1 is 1.36 bits per heavy atom. The van der Waals surface area contributed by atoms with Gasteiger partial charge in [0.1, 0.15) is 0 Å². The minimum absolute atomic E-state index is 0.00675. The average Bonchev–Trinajstić information content (AvgIpc) is 3.31. The second-order valence-corrected chi connectivity index (χ2v) is 7.71. The number of rotatable bonds is 6. The molecule has 0 spiro atoms. The predicted octanol–water partition coefficient (Wildman–Crippen LogP) is 2.62. The maximum Gasteiger partial charge on any atom is 0.311 e. The minimum atomic E-state index is -0.824. The van der Waals surface area contributed by atoms with E-state index in [1.54, 1.807) is 4.90 Å². The van der Waals surface area contributed by atoms with Crippen LogP contribution in [0.2, 0.25) is 0 Å². The summed E-state index contributed by atoms with van der Waals surface area (Å²) in [6, 6.07) is 0. The van der Waals surface area contributed by atoms with Crippen LogP contribution in [0, 0.1) is 11.3 Å². The number of carbonyl (C=O) groups excluding carboxylic acids is 1. The molecular weight excluding hydrogens is 322 g/mol. The van der Waals surface area contributed by atoms with Crippen molar-refractivity contribution in [2.45, 2.75) is 64.7 Å². The number of carboxylic acids is 1. The molecule has 7 heteroatoms. The van der Waals surface area contributed by atoms with Crippen molar-refractivity contribution in [1.29, 1.82) is 0 Å². The summed E-state index contributed by atoms with van der Waals surface area (Å²) < 4.78 is 5.28. The molecule has 1 atom stereocenters. The molecule has 2 heterocycles. The first-order valence-electron chi connectivity index (χ1n) is 9.26. The van der Waals surface area contributed by atoms with E-state index < -0.39 is 11.4 Å². The number of aryl methyl sites for hydroxylation is 1. The van der Waals surface area contributed by atoms with E-state index in [-0.39, 0.29) is 24.8 Å². The first kappa shape index (κ1) is 17.9. The Morgan fingerprint density at radius 3 is 2.68 bits per heavy atom. The van der Waals surface area contributed by atoms with E-state index in [1.165, 1.54) is 12.8 Å². The van der Waals surface area contributed by atoms with Gasteiger partial charge in [-0.3, -0.25) is 9.59 Å². The van der Waals surface area contributed by atoms with Gasteiger partial charge in [-0.1, -0.05) is 31.8 Å². The molecule has 25 heavy (non-hydrogen) atoms. The van der Waals surface area contributed by atoms with Gasteiger partial charge in [-0.2, -0.15) is 4.98 Å². The van der Waals surface area contributed by atoms with Crippen molar-refractivity contribution < 1.29 is 19.2 Å². The van der Waals surface area contributed by atoms with Crippen LogP contribution in [-0.4, -0.2) is 45.1 Å². The number of amides is 1. The molecule has 1 aliphatic heterocycles. The summed E-state index contributed by atoms with van der Waals surface area (Å²) in [5.41, 5.74) is -0.824. The molecule has 1 aliphatic carbocycles. The van der Waals surface area contributed by atoms with Gasteiger partial charge in [-0.15, -0.1) is 0 Å². The molecule has 1 N–H and O–H groups in total. The Hall–Kier alpha value is -1.92. The Balaban J connectivity index is 1.54. The molecule has 0 radical (unpaired) electrons. The van der Waals surface area contributed by atoms with Gasteiger partial charge in [0.05, 0.1) is 5.41 Å². The van der Waals surface area contributed by atoms with Crippen molar-refractivity contribution in [2.75, 3.05) is 13.1 Å². The Morgan fingerprint density at radius 2 is 2.08 bits per heavy atom. The molecule has 1 unspecified atom stereocenters. The summed E-state index contributed by atoms with van der Waals surface area (Å²) in [5.74, 6) is 0.815. The first-order valence-corrected chi connectivity index (χ1v) is 9.26. The van der Waals surface area contributed by atoms with E-state index >= 15 is 0 Å². The number of carboxylic acid groups (broad SMARTS) is 1. The zero-order valence-corrected chi connectivity index (χ0v) is 15.0. The highest BCUT2D eigenvalue weighted by molar-refractivity contribution is 5.81. The molecule has 2 aliphatic rings. The Labute approximate surface area is 147 Å². The van der Waals surface area contributed by atoms with E-state index in [2.05, 4.69) is 10.1 Å². The van der Waals surface area contributed by atoms with Gasteiger partial charge in [0.2, 0.25) is 11.8 Å². The number of nitrogens with zero attached hydrogens (tertiary/aromatic N) is 3. The second-order valence-electron chi connectivity index (χ2n) is 7.71. The summed E-state index contributed by atoms with van der Waals surface area (Å²) >= 11 is 0. The van der Waals surface area contributed by atoms with Crippen LogP contribution in [0.5, 0.6) is 0 Å². The number of likely N-dealkylation sites (tertiary alicyclic amines) is 1. The lowest BCUT2D eigenvalue weighted by atomic mass is 9.76. The van der Waals surface area contributed by atoms with Gasteiger partial charge < -0.3 is 14.5 Å². The predicted molar refractivity (Wildman–Crippen MR) is 89.9 cm³/mol. The second kappa shape index (κ2) is 7.14. The fourth-order valence-electron chi connectivity index (χ4n) is 4.03. The molecular formula is C18H27N3O4. The lowest BCUT2D eigenvalue weighted by molar-refractivity contribution is -0.151. The summed E-state index contributed by atoms with van der Waals surface area (Å²) in [6.07, 6.45) is 5.84. The highest BCUT2D eigenvalue weighted by Gasteiger charge is 2.48. The molecule has 3 rings (SSSR count). The van der Waals surface area contributed by atoms with Crippen LogP contribution in [-0.2, 0) is 16.0 Å². The lowest BCUT2D eigenvalue weighted by Gasteiger charge is -2.28. The van der Waals surface area contributed by atoms with Crippen molar-refractivity contribution >= 4 is 11.9 Å². The zero-order valence-electron chi connectivity index (χ0n) is 15.0. The van der Waals surface area contributed by atoms with Crippen LogP contribution >= 0.6 is 0 Å². The molecule has 0 aromatic carbocycles. The third-order valence-electron chi connectivity index (χ3n) is 5.94. The van der Waals surface area contributed by atoms with E-state index in [4.69, 9.17) is 4.52 Å². The molecule has 1 aromatic heterocycles. The fraction of sp³-hybridized carbons (Fsp3) is 0.778. The smallest absolute Gasteiger partial charge is 0.311 e. The maximum absolute atomic E-state index is 12.5. The molecule has 138 valence electrons. The third kappa shape index (κ3) is 3.55. The highest BCUT2D eigenvalue weighted by Crippen LogP contribution is 2.38. The number of hydrogen-bond donors (Lipinski definition) is 1. The van der Waals surface area contributed by atoms with Crippen molar-refractivity contribution in [3.05, 3.63) is 11.7 Å². The molecule has 1 amide bonds. The van der Waals surface area contributed by atoms with Crippen LogP contribution in [0.15, 0.2) is 4.52 Å². The summed E-state index contributed by atoms with van der Waals surface area (Å²) in [6.45, 7) is 4.60. The van der Waals surface area contributed by atoms with Crippen molar-refractivity contribution in [3.8, 4) is 0 Å². The standard InChI is InChI=1S/C18H27N3O4/c1-12(2)18(17(23)24)9-10-21(11-18)15(22)8-7-14-19-16(20-25-14)13-5-3-4-6-13/h12-13H,3-11H2,1-2H3,(H,23,24). The summed E-state index contributed by atoms with van der Waals surface area (Å²) in [5, 5.41) is 13.6. The maximum atomic E-state index is 12.5. The number of aromatic nitrogens is 2. The van der Waals surface area contributed by atoms with Gasteiger partial charge >= 0.3 is 5.97 Å². The van der Waals surface area contributed by atoms with E-state index in [1.807, 2.05) is 13.8 Å². The average molecular weight is 349 g/mol. The van der Waals surface area contributed by atoms with Gasteiger partial charge in [0.25, 0.3) is 0 Å². The number of hydrogen-bond acceptors (Lipinski definition) is 5. The van der Waals surface area contributed by atoms with Crippen molar-refractivity contribution in [3.63, 3.8) is 0 Å². The third-order valence-corrected chi connectivity index (χ3v) is 5.94. The van der Waals surface area contributed by atoms with Crippen molar-refractivity contribution in [1.82, 2.24) is 15.0 Å². The van der Waals surface area contributed by atoms with Crippen LogP contribution in [0.4, 0.5) is 0 Å². The fourth-order valence-corrected chi connectivity index (χ4v) is 4.03. The van der Waals surface area contributed by atoms with Gasteiger partial charge in [0, 0.05) is 31.8 Å². The van der Waals surface area contributed by atoms with E-state index in [9.17, 15) is 14.7 Å². The van der Waals surface area contributed by atoms with Crippen LogP contribution < -0.4 is 0 Å². The van der Waals surface area contributed by atoms with Crippen LogP contribution in [0.1, 0.15) is 70.0 Å². The van der Waals surface area contributed by atoms with E-state index in [0.29, 0.717) is 31.2 Å². The molecule has 2 fully saturated rings. The lowest BCUT2D eigenvalue weighted by Crippen LogP contribution is -2.40. The van der Waals surface area contributed by atoms with Gasteiger partial charge in [-0.05, 0) is 25.2 Å². The molecule has 1 aromatic rings. The normalized spacial score (nSPS) is 24.4. The quantitative estimate of drug-likeness (QED) is 0.848. The molecule has 1 saturated carbocycles. The summed E-state index contributed by atoms with van der Waals surface area (Å²) in [7, 11) is 0. The van der Waals surface area contributed by atoms with Gasteiger partial charge in [0.15, 0.2) is 5.82 Å². The summed E-state index contributed by atoms with van der Waals surface area (Å²) in [4.78, 5) is 30.2. The monoisotopic (exact) mass is 349 g/mol.